The molecule has 0 bridgehead atoms. The van der Waals surface area contributed by atoms with Crippen LogP contribution in [-0.2, 0) is 21.2 Å². The Kier molecular flexibility index (Phi) is 5.76. The number of benzene rings is 2. The highest BCUT2D eigenvalue weighted by Crippen LogP contribution is 2.29. The molecule has 6 nitrogen and oxygen atoms in total. The first-order chi connectivity index (χ1) is 12.9. The molecule has 0 aliphatic carbocycles. The molecule has 0 aliphatic rings. The zero-order chi connectivity index (χ0) is 19.4. The molecule has 3 rings (SSSR count). The fourth-order valence-corrected chi connectivity index (χ4v) is 4.95. The van der Waals surface area contributed by atoms with Crippen molar-refractivity contribution in [2.24, 2.45) is 0 Å². The van der Waals surface area contributed by atoms with Gasteiger partial charge in [0, 0.05) is 6.42 Å². The maximum absolute atomic E-state index is 12.8. The molecule has 0 saturated heterocycles. The van der Waals surface area contributed by atoms with E-state index in [4.69, 9.17) is 0 Å². The smallest absolute Gasteiger partial charge is 0.262 e. The second kappa shape index (κ2) is 8.06. The van der Waals surface area contributed by atoms with Gasteiger partial charge in [0.15, 0.2) is 5.13 Å². The van der Waals surface area contributed by atoms with E-state index in [0.29, 0.717) is 29.2 Å². The highest BCUT2D eigenvalue weighted by Gasteiger charge is 2.18. The fraction of sp³-hybridized carbons (Fsp3) is 0.263. The van der Waals surface area contributed by atoms with E-state index in [0.717, 1.165) is 16.7 Å². The van der Waals surface area contributed by atoms with Crippen molar-refractivity contribution >= 4 is 48.3 Å². The Hall–Kier alpha value is -2.45. The van der Waals surface area contributed by atoms with E-state index in [9.17, 15) is 13.2 Å². The summed E-state index contributed by atoms with van der Waals surface area (Å²) in [4.78, 5) is 16.4. The number of hydrogen-bond acceptors (Lipinski definition) is 5. The van der Waals surface area contributed by atoms with Crippen LogP contribution in [0.2, 0.25) is 0 Å². The van der Waals surface area contributed by atoms with Crippen LogP contribution in [0.25, 0.3) is 10.2 Å². The largest absolute Gasteiger partial charge is 0.302 e. The molecule has 0 saturated carbocycles. The van der Waals surface area contributed by atoms with E-state index in [-0.39, 0.29) is 10.8 Å². The first-order valence-electron chi connectivity index (χ1n) is 8.74. The zero-order valence-corrected chi connectivity index (χ0v) is 16.8. The summed E-state index contributed by atoms with van der Waals surface area (Å²) in [6, 6.07) is 12.1. The molecule has 0 aliphatic heterocycles. The molecule has 0 radical (unpaired) electrons. The van der Waals surface area contributed by atoms with Crippen LogP contribution in [0.1, 0.15) is 32.3 Å². The maximum atomic E-state index is 12.8. The predicted molar refractivity (Wildman–Crippen MR) is 110 cm³/mol. The zero-order valence-electron chi connectivity index (χ0n) is 15.2. The van der Waals surface area contributed by atoms with E-state index >= 15 is 0 Å². The molecule has 0 spiro atoms. The molecular weight excluding hydrogens is 382 g/mol. The summed E-state index contributed by atoms with van der Waals surface area (Å²) in [5, 5.41) is 3.28. The Morgan fingerprint density at radius 2 is 1.93 bits per heavy atom. The number of hydrogen-bond donors (Lipinski definition) is 2. The molecule has 27 heavy (non-hydrogen) atoms. The number of nitrogens with zero attached hydrogens (tertiary/aromatic N) is 1. The van der Waals surface area contributed by atoms with Crippen LogP contribution in [0.4, 0.5) is 10.8 Å². The number of carbonyl (C=O) groups is 1. The number of fused-ring (bicyclic) bond motifs is 1. The first-order valence-corrected chi connectivity index (χ1v) is 11.0. The molecule has 0 unspecified atom stereocenters. The molecule has 1 amide bonds. The Morgan fingerprint density at radius 3 is 2.67 bits per heavy atom. The number of nitrogens with one attached hydrogen (secondary N) is 2. The SMILES string of the molecule is CCCC(=O)Nc1nc2cc(NS(=O)(=O)c3ccccc3CC)ccc2s1. The van der Waals surface area contributed by atoms with Gasteiger partial charge in [0.1, 0.15) is 0 Å². The lowest BCUT2D eigenvalue weighted by atomic mass is 10.2. The molecule has 1 heterocycles. The van der Waals surface area contributed by atoms with Crippen molar-refractivity contribution in [3.63, 3.8) is 0 Å². The lowest BCUT2D eigenvalue weighted by molar-refractivity contribution is -0.116. The molecule has 3 aromatic rings. The molecule has 2 N–H and O–H groups in total. The van der Waals surface area contributed by atoms with Crippen LogP contribution in [0.15, 0.2) is 47.4 Å². The summed E-state index contributed by atoms with van der Waals surface area (Å²) < 4.78 is 29.0. The van der Waals surface area contributed by atoms with E-state index in [1.54, 1.807) is 30.3 Å². The van der Waals surface area contributed by atoms with E-state index < -0.39 is 10.0 Å². The fourth-order valence-electron chi connectivity index (χ4n) is 2.72. The Balaban J connectivity index is 1.86. The average Bonchev–Trinajstić information content (AvgIpc) is 3.02. The van der Waals surface area contributed by atoms with Crippen molar-refractivity contribution in [3.8, 4) is 0 Å². The number of carbonyl (C=O) groups excluding carboxylic acids is 1. The minimum Gasteiger partial charge on any atom is -0.302 e. The van der Waals surface area contributed by atoms with Gasteiger partial charge in [0.05, 0.1) is 20.8 Å². The summed E-state index contributed by atoms with van der Waals surface area (Å²) in [5.41, 5.74) is 1.83. The van der Waals surface area contributed by atoms with Crippen molar-refractivity contribution in [1.82, 2.24) is 4.98 Å². The molecule has 0 atom stereocenters. The standard InChI is InChI=1S/C19H21N3O3S2/c1-3-7-18(23)21-19-20-15-12-14(10-11-16(15)26-19)22-27(24,25)17-9-6-5-8-13(17)4-2/h5-6,8-12,22H,3-4,7H2,1-2H3,(H,20,21,23). The molecule has 8 heteroatoms. The minimum absolute atomic E-state index is 0.0753. The summed E-state index contributed by atoms with van der Waals surface area (Å²) in [6.07, 6.45) is 1.84. The lowest BCUT2D eigenvalue weighted by Crippen LogP contribution is -2.14. The van der Waals surface area contributed by atoms with Crippen LogP contribution in [0, 0.1) is 0 Å². The van der Waals surface area contributed by atoms with Crippen LogP contribution < -0.4 is 10.0 Å². The summed E-state index contributed by atoms with van der Waals surface area (Å²) in [6.45, 7) is 3.86. The Bertz CT molecular complexity index is 1070. The van der Waals surface area contributed by atoms with Gasteiger partial charge in [-0.05, 0) is 42.7 Å². The van der Waals surface area contributed by atoms with Gasteiger partial charge in [-0.1, -0.05) is 43.4 Å². The van der Waals surface area contributed by atoms with Gasteiger partial charge >= 0.3 is 0 Å². The normalized spacial score (nSPS) is 11.5. The monoisotopic (exact) mass is 403 g/mol. The summed E-state index contributed by atoms with van der Waals surface area (Å²) >= 11 is 1.36. The van der Waals surface area contributed by atoms with Crippen molar-refractivity contribution in [3.05, 3.63) is 48.0 Å². The number of aryl methyl sites for hydroxylation is 1. The molecule has 1 aromatic heterocycles. The third-order valence-corrected chi connectivity index (χ3v) is 6.44. The maximum Gasteiger partial charge on any atom is 0.262 e. The number of rotatable bonds is 7. The van der Waals surface area contributed by atoms with Crippen molar-refractivity contribution in [2.45, 2.75) is 38.0 Å². The molecule has 0 fully saturated rings. The number of thiazole rings is 1. The number of anilines is 2. The number of sulfonamides is 1. The van der Waals surface area contributed by atoms with Gasteiger partial charge in [-0.15, -0.1) is 0 Å². The van der Waals surface area contributed by atoms with Crippen molar-refractivity contribution < 1.29 is 13.2 Å². The first kappa shape index (κ1) is 19.3. The minimum atomic E-state index is -3.69. The predicted octanol–water partition coefficient (Wildman–Crippen LogP) is 4.40. The number of amides is 1. The van der Waals surface area contributed by atoms with Crippen LogP contribution in [-0.4, -0.2) is 19.3 Å². The van der Waals surface area contributed by atoms with E-state index in [1.165, 1.54) is 11.3 Å². The van der Waals surface area contributed by atoms with Crippen LogP contribution in [0.3, 0.4) is 0 Å². The number of aromatic nitrogens is 1. The second-order valence-electron chi connectivity index (χ2n) is 6.07. The summed E-state index contributed by atoms with van der Waals surface area (Å²) in [5.74, 6) is -0.0753. The average molecular weight is 404 g/mol. The van der Waals surface area contributed by atoms with Crippen molar-refractivity contribution in [1.29, 1.82) is 0 Å². The summed E-state index contributed by atoms with van der Waals surface area (Å²) in [7, 11) is -3.69. The molecule has 2 aromatic carbocycles. The molecular formula is C19H21N3O3S2. The topological polar surface area (TPSA) is 88.2 Å². The van der Waals surface area contributed by atoms with Crippen LogP contribution >= 0.6 is 11.3 Å². The Labute approximate surface area is 162 Å². The van der Waals surface area contributed by atoms with Crippen molar-refractivity contribution in [2.75, 3.05) is 10.0 Å². The van der Waals surface area contributed by atoms with Crippen LogP contribution in [0.5, 0.6) is 0 Å². The van der Waals surface area contributed by atoms with Gasteiger partial charge in [-0.25, -0.2) is 13.4 Å². The molecule has 142 valence electrons. The van der Waals surface area contributed by atoms with E-state index in [1.807, 2.05) is 26.0 Å². The van der Waals surface area contributed by atoms with Gasteiger partial charge in [-0.3, -0.25) is 9.52 Å². The second-order valence-corrected chi connectivity index (χ2v) is 8.75. The third-order valence-electron chi connectivity index (χ3n) is 4.01. The quantitative estimate of drug-likeness (QED) is 0.612. The van der Waals surface area contributed by atoms with Gasteiger partial charge in [0.25, 0.3) is 10.0 Å². The highest BCUT2D eigenvalue weighted by atomic mass is 32.2. The van der Waals surface area contributed by atoms with Gasteiger partial charge in [0.2, 0.25) is 5.91 Å². The van der Waals surface area contributed by atoms with Gasteiger partial charge in [-0.2, -0.15) is 0 Å². The highest BCUT2D eigenvalue weighted by molar-refractivity contribution is 7.92. The Morgan fingerprint density at radius 1 is 1.15 bits per heavy atom. The van der Waals surface area contributed by atoms with E-state index in [2.05, 4.69) is 15.0 Å². The van der Waals surface area contributed by atoms with Gasteiger partial charge < -0.3 is 5.32 Å². The third kappa shape index (κ3) is 4.45. The lowest BCUT2D eigenvalue weighted by Gasteiger charge is -2.11.